The Kier molecular flexibility index (Phi) is 9.06. The number of rotatable bonds is 6. The van der Waals surface area contributed by atoms with E-state index in [0.717, 1.165) is 17.3 Å². The van der Waals surface area contributed by atoms with Gasteiger partial charge >= 0.3 is 0 Å². The molecule has 0 aliphatic carbocycles. The molecule has 1 atom stereocenters. The van der Waals surface area contributed by atoms with E-state index in [1.54, 1.807) is 0 Å². The fourth-order valence-electron chi connectivity index (χ4n) is 1.73. The highest BCUT2D eigenvalue weighted by atomic mass is 79.9. The first-order chi connectivity index (χ1) is 8.49. The first-order valence-corrected chi connectivity index (χ1v) is 7.06. The lowest BCUT2D eigenvalue weighted by molar-refractivity contribution is -0.122. The minimum absolute atomic E-state index is 0. The molecule has 0 saturated heterocycles. The highest BCUT2D eigenvalue weighted by Crippen LogP contribution is 2.10. The molecule has 0 fully saturated rings. The van der Waals surface area contributed by atoms with E-state index >= 15 is 0 Å². The third kappa shape index (κ3) is 7.55. The van der Waals surface area contributed by atoms with Crippen LogP contribution in [0.2, 0.25) is 0 Å². The summed E-state index contributed by atoms with van der Waals surface area (Å²) in [4.78, 5) is 11.7. The van der Waals surface area contributed by atoms with E-state index in [0.29, 0.717) is 12.5 Å². The second-order valence-corrected chi connectivity index (χ2v) is 5.82. The molecule has 0 aliphatic rings. The van der Waals surface area contributed by atoms with Crippen LogP contribution < -0.4 is 11.1 Å². The van der Waals surface area contributed by atoms with Gasteiger partial charge in [-0.1, -0.05) is 41.9 Å². The quantitative estimate of drug-likeness (QED) is 0.829. The summed E-state index contributed by atoms with van der Waals surface area (Å²) in [5, 5.41) is 2.88. The number of nitrogens with one attached hydrogen (secondary N) is 1. The van der Waals surface area contributed by atoms with E-state index in [1.165, 1.54) is 5.56 Å². The fraction of sp³-hybridized carbons (Fsp3) is 0.500. The lowest BCUT2D eigenvalue weighted by Gasteiger charge is -2.14. The van der Waals surface area contributed by atoms with Gasteiger partial charge in [0.05, 0.1) is 6.04 Å². The first kappa shape index (κ1) is 18.4. The summed E-state index contributed by atoms with van der Waals surface area (Å²) in [5.74, 6) is 0.387. The van der Waals surface area contributed by atoms with Gasteiger partial charge in [-0.15, -0.1) is 12.4 Å². The summed E-state index contributed by atoms with van der Waals surface area (Å²) in [7, 11) is 0. The largest absolute Gasteiger partial charge is 0.354 e. The molecule has 3 N–H and O–H groups in total. The fourth-order valence-corrected chi connectivity index (χ4v) is 1.99. The maximum absolute atomic E-state index is 11.7. The highest BCUT2D eigenvalue weighted by molar-refractivity contribution is 9.10. The first-order valence-electron chi connectivity index (χ1n) is 6.26. The van der Waals surface area contributed by atoms with E-state index < -0.39 is 6.04 Å². The Balaban J connectivity index is 0.00000324. The molecule has 19 heavy (non-hydrogen) atoms. The summed E-state index contributed by atoms with van der Waals surface area (Å²) >= 11 is 3.39. The van der Waals surface area contributed by atoms with Gasteiger partial charge in [0.25, 0.3) is 0 Å². The van der Waals surface area contributed by atoms with Gasteiger partial charge < -0.3 is 11.1 Å². The van der Waals surface area contributed by atoms with Crippen molar-refractivity contribution >= 4 is 34.2 Å². The Bertz CT molecular complexity index is 382. The Labute approximate surface area is 129 Å². The lowest BCUT2D eigenvalue weighted by atomic mass is 10.0. The maximum atomic E-state index is 11.7. The number of halogens is 2. The Morgan fingerprint density at radius 3 is 2.42 bits per heavy atom. The molecule has 1 amide bonds. The zero-order valence-corrected chi connectivity index (χ0v) is 13.8. The summed E-state index contributed by atoms with van der Waals surface area (Å²) in [6.07, 6.45) is 1.55. The van der Waals surface area contributed by atoms with Gasteiger partial charge in [0.2, 0.25) is 5.91 Å². The molecule has 0 spiro atoms. The average molecular weight is 350 g/mol. The maximum Gasteiger partial charge on any atom is 0.236 e. The molecular formula is C14H22BrClN2O. The van der Waals surface area contributed by atoms with Gasteiger partial charge in [0.1, 0.15) is 0 Å². The van der Waals surface area contributed by atoms with E-state index in [-0.39, 0.29) is 18.3 Å². The van der Waals surface area contributed by atoms with Crippen LogP contribution in [0.1, 0.15) is 25.8 Å². The van der Waals surface area contributed by atoms with Crippen LogP contribution >= 0.6 is 28.3 Å². The number of hydrogen-bond acceptors (Lipinski definition) is 2. The third-order valence-corrected chi connectivity index (χ3v) is 3.22. The summed E-state index contributed by atoms with van der Waals surface area (Å²) < 4.78 is 1.06. The number of nitrogens with two attached hydrogens (primary N) is 1. The van der Waals surface area contributed by atoms with E-state index in [4.69, 9.17) is 5.73 Å². The predicted molar refractivity (Wildman–Crippen MR) is 85.5 cm³/mol. The standard InChI is InChI=1S/C14H21BrN2O.ClH/c1-10(2)9-13(16)14(18)17-8-7-11-3-5-12(15)6-4-11;/h3-6,10,13H,7-9,16H2,1-2H3,(H,17,18);1H/t13-;/m0./s1. The van der Waals surface area contributed by atoms with Gasteiger partial charge in [0, 0.05) is 11.0 Å². The zero-order chi connectivity index (χ0) is 13.5. The molecule has 0 unspecified atom stereocenters. The van der Waals surface area contributed by atoms with Crippen molar-refractivity contribution in [1.29, 1.82) is 0 Å². The van der Waals surface area contributed by atoms with Crippen molar-refractivity contribution in [3.05, 3.63) is 34.3 Å². The molecule has 0 saturated carbocycles. The van der Waals surface area contributed by atoms with E-state index in [2.05, 4.69) is 35.1 Å². The highest BCUT2D eigenvalue weighted by Gasteiger charge is 2.13. The molecule has 108 valence electrons. The Hall–Kier alpha value is -0.580. The molecule has 0 heterocycles. The summed E-state index contributed by atoms with van der Waals surface area (Å²) in [6, 6.07) is 7.70. The van der Waals surface area contributed by atoms with Crippen LogP contribution in [-0.4, -0.2) is 18.5 Å². The number of hydrogen-bond donors (Lipinski definition) is 2. The Morgan fingerprint density at radius 1 is 1.32 bits per heavy atom. The van der Waals surface area contributed by atoms with Crippen LogP contribution in [0.5, 0.6) is 0 Å². The van der Waals surface area contributed by atoms with Gasteiger partial charge in [-0.3, -0.25) is 4.79 Å². The van der Waals surface area contributed by atoms with Gasteiger partial charge in [-0.05, 0) is 36.5 Å². The van der Waals surface area contributed by atoms with Crippen molar-refractivity contribution in [3.8, 4) is 0 Å². The van der Waals surface area contributed by atoms with Crippen LogP contribution in [0.3, 0.4) is 0 Å². The van der Waals surface area contributed by atoms with E-state index in [9.17, 15) is 4.79 Å². The molecule has 1 rings (SSSR count). The molecule has 0 bridgehead atoms. The SMILES string of the molecule is CC(C)C[C@H](N)C(=O)NCCc1ccc(Br)cc1.Cl. The van der Waals surface area contributed by atoms with Crippen molar-refractivity contribution in [1.82, 2.24) is 5.32 Å². The monoisotopic (exact) mass is 348 g/mol. The van der Waals surface area contributed by atoms with Crippen LogP contribution in [0.25, 0.3) is 0 Å². The molecule has 0 radical (unpaired) electrons. The second-order valence-electron chi connectivity index (χ2n) is 4.90. The second kappa shape index (κ2) is 9.34. The van der Waals surface area contributed by atoms with Crippen LogP contribution in [0, 0.1) is 5.92 Å². The molecule has 0 aliphatic heterocycles. The molecule has 0 aromatic heterocycles. The van der Waals surface area contributed by atoms with E-state index in [1.807, 2.05) is 24.3 Å². The van der Waals surface area contributed by atoms with Crippen molar-refractivity contribution < 1.29 is 4.79 Å². The van der Waals surface area contributed by atoms with Crippen LogP contribution in [0.4, 0.5) is 0 Å². The van der Waals surface area contributed by atoms with Gasteiger partial charge in [-0.25, -0.2) is 0 Å². The lowest BCUT2D eigenvalue weighted by Crippen LogP contribution is -2.42. The molecule has 1 aromatic carbocycles. The van der Waals surface area contributed by atoms with Crippen LogP contribution in [0.15, 0.2) is 28.7 Å². The van der Waals surface area contributed by atoms with Crippen LogP contribution in [-0.2, 0) is 11.2 Å². The number of benzene rings is 1. The Morgan fingerprint density at radius 2 is 1.89 bits per heavy atom. The van der Waals surface area contributed by atoms with Crippen molar-refractivity contribution in [2.75, 3.05) is 6.54 Å². The minimum atomic E-state index is -0.394. The number of carbonyl (C=O) groups is 1. The smallest absolute Gasteiger partial charge is 0.236 e. The third-order valence-electron chi connectivity index (χ3n) is 2.69. The van der Waals surface area contributed by atoms with Crippen molar-refractivity contribution in [2.45, 2.75) is 32.7 Å². The summed E-state index contributed by atoms with van der Waals surface area (Å²) in [6.45, 7) is 4.76. The van der Waals surface area contributed by atoms with Gasteiger partial charge in [-0.2, -0.15) is 0 Å². The van der Waals surface area contributed by atoms with Crippen molar-refractivity contribution in [2.24, 2.45) is 11.7 Å². The number of carbonyl (C=O) groups excluding carboxylic acids is 1. The van der Waals surface area contributed by atoms with Gasteiger partial charge in [0.15, 0.2) is 0 Å². The van der Waals surface area contributed by atoms with Crippen molar-refractivity contribution in [3.63, 3.8) is 0 Å². The zero-order valence-electron chi connectivity index (χ0n) is 11.4. The minimum Gasteiger partial charge on any atom is -0.354 e. The number of amides is 1. The summed E-state index contributed by atoms with van der Waals surface area (Å²) in [5.41, 5.74) is 7.00. The molecule has 5 heteroatoms. The molecular weight excluding hydrogens is 328 g/mol. The predicted octanol–water partition coefficient (Wildman–Crippen LogP) is 2.90. The average Bonchev–Trinajstić information content (AvgIpc) is 2.30. The molecule has 3 nitrogen and oxygen atoms in total. The topological polar surface area (TPSA) is 55.1 Å². The normalized spacial score (nSPS) is 11.8. The molecule has 1 aromatic rings.